The summed E-state index contributed by atoms with van der Waals surface area (Å²) < 4.78 is 5.36. The molecule has 3 rings (SSSR count). The van der Waals surface area contributed by atoms with Crippen LogP contribution in [0.25, 0.3) is 0 Å². The molecule has 5 heteroatoms. The molecule has 1 aliphatic heterocycles. The molecule has 2 amide bonds. The highest BCUT2D eigenvalue weighted by Gasteiger charge is 2.25. The maximum atomic E-state index is 12.7. The maximum Gasteiger partial charge on any atom is 0.258 e. The summed E-state index contributed by atoms with van der Waals surface area (Å²) in [6, 6.07) is 16.4. The third-order valence-corrected chi connectivity index (χ3v) is 4.38. The van der Waals surface area contributed by atoms with Crippen molar-refractivity contribution in [3.05, 3.63) is 65.7 Å². The fourth-order valence-electron chi connectivity index (χ4n) is 3.09. The fourth-order valence-corrected chi connectivity index (χ4v) is 3.09. The van der Waals surface area contributed by atoms with Gasteiger partial charge in [0.05, 0.1) is 11.3 Å². The minimum absolute atomic E-state index is 0.0397. The Balaban J connectivity index is 1.80. The number of para-hydroxylation sites is 1. The standard InChI is InChI=1S/C20H22N2O3/c1-25-18(15-9-3-2-4-10-15)19(23)21-17-12-6-5-11-16(17)20(24)22-13-7-8-14-22/h2-6,9-12,18H,7-8,13-14H2,1H3,(H,21,23). The minimum Gasteiger partial charge on any atom is -0.367 e. The predicted octanol–water partition coefficient (Wildman–Crippen LogP) is 3.25. The Kier molecular flexibility index (Phi) is 5.46. The van der Waals surface area contributed by atoms with E-state index in [1.165, 1.54) is 7.11 Å². The number of hydrogen-bond acceptors (Lipinski definition) is 3. The van der Waals surface area contributed by atoms with Crippen molar-refractivity contribution in [2.45, 2.75) is 18.9 Å². The van der Waals surface area contributed by atoms with E-state index in [2.05, 4.69) is 5.32 Å². The molecular weight excluding hydrogens is 316 g/mol. The number of carbonyl (C=O) groups excluding carboxylic acids is 2. The van der Waals surface area contributed by atoms with Gasteiger partial charge in [0, 0.05) is 20.2 Å². The number of amides is 2. The normalized spacial score (nSPS) is 15.0. The smallest absolute Gasteiger partial charge is 0.258 e. The zero-order chi connectivity index (χ0) is 17.6. The van der Waals surface area contributed by atoms with Crippen molar-refractivity contribution in [2.24, 2.45) is 0 Å². The van der Waals surface area contributed by atoms with Crippen molar-refractivity contribution in [3.63, 3.8) is 0 Å². The lowest BCUT2D eigenvalue weighted by Gasteiger charge is -2.20. The molecule has 1 unspecified atom stereocenters. The molecular formula is C20H22N2O3. The van der Waals surface area contributed by atoms with E-state index in [1.807, 2.05) is 41.3 Å². The SMILES string of the molecule is COC(C(=O)Nc1ccccc1C(=O)N1CCCC1)c1ccccc1. The minimum atomic E-state index is -0.726. The van der Waals surface area contributed by atoms with Gasteiger partial charge >= 0.3 is 0 Å². The first kappa shape index (κ1) is 17.2. The van der Waals surface area contributed by atoms with Crippen molar-refractivity contribution in [1.29, 1.82) is 0 Å². The summed E-state index contributed by atoms with van der Waals surface area (Å²) in [6.45, 7) is 1.54. The highest BCUT2D eigenvalue weighted by molar-refractivity contribution is 6.04. The number of benzene rings is 2. The zero-order valence-corrected chi connectivity index (χ0v) is 14.3. The quantitative estimate of drug-likeness (QED) is 0.910. The van der Waals surface area contributed by atoms with Crippen LogP contribution in [0.15, 0.2) is 54.6 Å². The van der Waals surface area contributed by atoms with Crippen LogP contribution in [0.5, 0.6) is 0 Å². The van der Waals surface area contributed by atoms with Crippen LogP contribution in [-0.4, -0.2) is 36.9 Å². The van der Waals surface area contributed by atoms with Crippen LogP contribution in [0.3, 0.4) is 0 Å². The largest absolute Gasteiger partial charge is 0.367 e. The van der Waals surface area contributed by atoms with Gasteiger partial charge in [-0.05, 0) is 30.5 Å². The molecule has 2 aromatic rings. The van der Waals surface area contributed by atoms with Gasteiger partial charge in [-0.3, -0.25) is 9.59 Å². The van der Waals surface area contributed by atoms with Crippen LogP contribution in [-0.2, 0) is 9.53 Å². The Morgan fingerprint density at radius 2 is 1.64 bits per heavy atom. The van der Waals surface area contributed by atoms with E-state index < -0.39 is 6.10 Å². The van der Waals surface area contributed by atoms with Crippen molar-refractivity contribution in [1.82, 2.24) is 4.90 Å². The molecule has 0 saturated carbocycles. The molecule has 0 bridgehead atoms. The predicted molar refractivity (Wildman–Crippen MR) is 96.4 cm³/mol. The number of rotatable bonds is 5. The van der Waals surface area contributed by atoms with Crippen LogP contribution in [0.1, 0.15) is 34.9 Å². The molecule has 1 aliphatic rings. The van der Waals surface area contributed by atoms with E-state index in [0.29, 0.717) is 11.3 Å². The Bertz CT molecular complexity index is 740. The van der Waals surface area contributed by atoms with Crippen molar-refractivity contribution in [2.75, 3.05) is 25.5 Å². The molecule has 5 nitrogen and oxygen atoms in total. The monoisotopic (exact) mass is 338 g/mol. The molecule has 25 heavy (non-hydrogen) atoms. The van der Waals surface area contributed by atoms with Crippen LogP contribution in [0, 0.1) is 0 Å². The zero-order valence-electron chi connectivity index (χ0n) is 14.3. The van der Waals surface area contributed by atoms with Gasteiger partial charge in [0.15, 0.2) is 6.10 Å². The highest BCUT2D eigenvalue weighted by Crippen LogP contribution is 2.23. The van der Waals surface area contributed by atoms with Crippen molar-refractivity contribution < 1.29 is 14.3 Å². The lowest BCUT2D eigenvalue weighted by molar-refractivity contribution is -0.126. The van der Waals surface area contributed by atoms with Gasteiger partial charge in [0.2, 0.25) is 0 Å². The summed E-state index contributed by atoms with van der Waals surface area (Å²) in [5, 5.41) is 2.85. The Morgan fingerprint density at radius 1 is 1.00 bits per heavy atom. The van der Waals surface area contributed by atoms with Crippen molar-refractivity contribution >= 4 is 17.5 Å². The summed E-state index contributed by atoms with van der Waals surface area (Å²) in [5.41, 5.74) is 1.80. The Labute approximate surface area is 147 Å². The van der Waals surface area contributed by atoms with Gasteiger partial charge in [0.1, 0.15) is 0 Å². The number of nitrogens with zero attached hydrogens (tertiary/aromatic N) is 1. The number of hydrogen-bond donors (Lipinski definition) is 1. The Morgan fingerprint density at radius 3 is 2.32 bits per heavy atom. The van der Waals surface area contributed by atoms with Gasteiger partial charge in [-0.2, -0.15) is 0 Å². The number of ether oxygens (including phenoxy) is 1. The maximum absolute atomic E-state index is 12.7. The molecule has 1 saturated heterocycles. The third-order valence-electron chi connectivity index (χ3n) is 4.38. The summed E-state index contributed by atoms with van der Waals surface area (Å²) in [7, 11) is 1.50. The second kappa shape index (κ2) is 7.94. The molecule has 0 aliphatic carbocycles. The number of nitrogens with one attached hydrogen (secondary N) is 1. The summed E-state index contributed by atoms with van der Waals surface area (Å²) >= 11 is 0. The molecule has 0 spiro atoms. The summed E-state index contributed by atoms with van der Waals surface area (Å²) in [6.07, 6.45) is 1.33. The second-order valence-electron chi connectivity index (χ2n) is 6.06. The van der Waals surface area contributed by atoms with E-state index in [0.717, 1.165) is 31.5 Å². The number of anilines is 1. The molecule has 1 fully saturated rings. The van der Waals surface area contributed by atoms with Gasteiger partial charge < -0.3 is 15.0 Å². The first-order valence-corrected chi connectivity index (χ1v) is 8.47. The number of carbonyl (C=O) groups is 2. The molecule has 1 N–H and O–H groups in total. The topological polar surface area (TPSA) is 58.6 Å². The molecule has 0 aromatic heterocycles. The van der Waals surface area contributed by atoms with Gasteiger partial charge in [-0.15, -0.1) is 0 Å². The summed E-state index contributed by atoms with van der Waals surface area (Å²) in [5.74, 6) is -0.336. The van der Waals surface area contributed by atoms with Crippen LogP contribution < -0.4 is 5.32 Å². The van der Waals surface area contributed by atoms with E-state index in [4.69, 9.17) is 4.74 Å². The first-order chi connectivity index (χ1) is 12.2. The third kappa shape index (κ3) is 3.88. The molecule has 0 radical (unpaired) electrons. The average Bonchev–Trinajstić information content (AvgIpc) is 3.18. The summed E-state index contributed by atoms with van der Waals surface area (Å²) in [4.78, 5) is 27.2. The van der Waals surface area contributed by atoms with Gasteiger partial charge in [-0.25, -0.2) is 0 Å². The average molecular weight is 338 g/mol. The van der Waals surface area contributed by atoms with E-state index in [9.17, 15) is 9.59 Å². The van der Waals surface area contributed by atoms with Gasteiger partial charge in [0.25, 0.3) is 11.8 Å². The lowest BCUT2D eigenvalue weighted by atomic mass is 10.1. The fraction of sp³-hybridized carbons (Fsp3) is 0.300. The van der Waals surface area contributed by atoms with Crippen molar-refractivity contribution in [3.8, 4) is 0 Å². The van der Waals surface area contributed by atoms with Crippen LogP contribution in [0.4, 0.5) is 5.69 Å². The van der Waals surface area contributed by atoms with E-state index in [-0.39, 0.29) is 11.8 Å². The molecule has 1 atom stereocenters. The Hall–Kier alpha value is -2.66. The molecule has 130 valence electrons. The van der Waals surface area contributed by atoms with Crippen LogP contribution >= 0.6 is 0 Å². The van der Waals surface area contributed by atoms with E-state index in [1.54, 1.807) is 18.2 Å². The first-order valence-electron chi connectivity index (χ1n) is 8.47. The van der Waals surface area contributed by atoms with E-state index >= 15 is 0 Å². The number of methoxy groups -OCH3 is 1. The van der Waals surface area contributed by atoms with Crippen LogP contribution in [0.2, 0.25) is 0 Å². The molecule has 2 aromatic carbocycles. The highest BCUT2D eigenvalue weighted by atomic mass is 16.5. The lowest BCUT2D eigenvalue weighted by Crippen LogP contribution is -2.29. The number of likely N-dealkylation sites (tertiary alicyclic amines) is 1. The second-order valence-corrected chi connectivity index (χ2v) is 6.06. The van der Waals surface area contributed by atoms with Gasteiger partial charge in [-0.1, -0.05) is 42.5 Å². The molecule has 1 heterocycles.